The Balaban J connectivity index is 2.50. The molecule has 3 nitrogen and oxygen atoms in total. The van der Waals surface area contributed by atoms with E-state index in [1.165, 1.54) is 11.3 Å². The lowest BCUT2D eigenvalue weighted by Gasteiger charge is -2.02. The highest BCUT2D eigenvalue weighted by Gasteiger charge is 2.07. The van der Waals surface area contributed by atoms with Gasteiger partial charge in [0.25, 0.3) is 0 Å². The first-order chi connectivity index (χ1) is 4.84. The minimum absolute atomic E-state index is 0.468. The van der Waals surface area contributed by atoms with E-state index in [0.717, 1.165) is 5.01 Å². The molecule has 1 atom stereocenters. The summed E-state index contributed by atoms with van der Waals surface area (Å²) in [6, 6.07) is 0. The van der Waals surface area contributed by atoms with Crippen molar-refractivity contribution in [3.63, 3.8) is 0 Å². The highest BCUT2D eigenvalue weighted by Crippen LogP contribution is 2.17. The zero-order valence-electron chi connectivity index (χ0n) is 5.53. The summed E-state index contributed by atoms with van der Waals surface area (Å²) in [4.78, 5) is 3.95. The van der Waals surface area contributed by atoms with E-state index in [1.54, 1.807) is 6.20 Å². The number of aliphatic hydroxyl groups excluding tert-OH is 1. The molecule has 0 aliphatic heterocycles. The van der Waals surface area contributed by atoms with E-state index in [1.807, 2.05) is 5.38 Å². The molecule has 0 radical (unpaired) electrons. The summed E-state index contributed by atoms with van der Waals surface area (Å²) in [6.07, 6.45) is 1.80. The van der Waals surface area contributed by atoms with Crippen molar-refractivity contribution in [2.24, 2.45) is 5.73 Å². The van der Waals surface area contributed by atoms with Gasteiger partial charge in [0.15, 0.2) is 0 Å². The summed E-state index contributed by atoms with van der Waals surface area (Å²) in [5, 5.41) is 11.9. The van der Waals surface area contributed by atoms with E-state index in [2.05, 4.69) is 4.98 Å². The maximum absolute atomic E-state index is 9.28. The molecular formula is C6H10N2OS. The van der Waals surface area contributed by atoms with Crippen molar-refractivity contribution in [3.05, 3.63) is 16.6 Å². The summed E-state index contributed by atoms with van der Waals surface area (Å²) in [5.41, 5.74) is 5.25. The molecule has 0 spiro atoms. The third-order valence-electron chi connectivity index (χ3n) is 1.18. The van der Waals surface area contributed by atoms with Crippen LogP contribution < -0.4 is 5.73 Å². The van der Waals surface area contributed by atoms with Crippen molar-refractivity contribution in [1.29, 1.82) is 0 Å². The average Bonchev–Trinajstić information content (AvgIpc) is 2.38. The summed E-state index contributed by atoms with van der Waals surface area (Å²) in [7, 11) is 0. The lowest BCUT2D eigenvalue weighted by molar-refractivity contribution is 0.170. The van der Waals surface area contributed by atoms with Gasteiger partial charge in [0, 0.05) is 11.6 Å². The van der Waals surface area contributed by atoms with Crippen molar-refractivity contribution in [2.75, 3.05) is 6.54 Å². The van der Waals surface area contributed by atoms with Gasteiger partial charge in [0.1, 0.15) is 11.1 Å². The van der Waals surface area contributed by atoms with Gasteiger partial charge in [-0.1, -0.05) is 0 Å². The number of hydrogen-bond donors (Lipinski definition) is 2. The zero-order valence-corrected chi connectivity index (χ0v) is 6.34. The lowest BCUT2D eigenvalue weighted by Crippen LogP contribution is -2.06. The van der Waals surface area contributed by atoms with Gasteiger partial charge in [-0.3, -0.25) is 0 Å². The monoisotopic (exact) mass is 158 g/mol. The minimum Gasteiger partial charge on any atom is -0.386 e. The molecule has 0 aliphatic rings. The summed E-state index contributed by atoms with van der Waals surface area (Å²) in [5.74, 6) is 0. The Bertz CT molecular complexity index is 176. The van der Waals surface area contributed by atoms with E-state index in [-0.39, 0.29) is 0 Å². The fourth-order valence-electron chi connectivity index (χ4n) is 0.680. The average molecular weight is 158 g/mol. The number of nitrogens with zero attached hydrogens (tertiary/aromatic N) is 1. The SMILES string of the molecule is NCCC(O)c1nccs1. The quantitative estimate of drug-likeness (QED) is 0.674. The molecular weight excluding hydrogens is 148 g/mol. The van der Waals surface area contributed by atoms with Crippen molar-refractivity contribution < 1.29 is 5.11 Å². The number of aromatic nitrogens is 1. The van der Waals surface area contributed by atoms with Crippen LogP contribution in [0.1, 0.15) is 17.5 Å². The molecule has 10 heavy (non-hydrogen) atoms. The summed E-state index contributed by atoms with van der Waals surface area (Å²) in [6.45, 7) is 0.501. The number of thiazole rings is 1. The van der Waals surface area contributed by atoms with Gasteiger partial charge < -0.3 is 10.8 Å². The molecule has 1 aromatic rings. The van der Waals surface area contributed by atoms with Crippen LogP contribution in [0.15, 0.2) is 11.6 Å². The van der Waals surface area contributed by atoms with Crippen LogP contribution in [-0.2, 0) is 0 Å². The largest absolute Gasteiger partial charge is 0.386 e. The van der Waals surface area contributed by atoms with Crippen LogP contribution >= 0.6 is 11.3 Å². The van der Waals surface area contributed by atoms with E-state index in [4.69, 9.17) is 5.73 Å². The highest BCUT2D eigenvalue weighted by molar-refractivity contribution is 7.09. The predicted octanol–water partition coefficient (Wildman–Crippen LogP) is 0.525. The van der Waals surface area contributed by atoms with Crippen LogP contribution in [-0.4, -0.2) is 16.6 Å². The minimum atomic E-state index is -0.468. The molecule has 1 unspecified atom stereocenters. The Kier molecular flexibility index (Phi) is 2.80. The lowest BCUT2D eigenvalue weighted by atomic mass is 10.3. The van der Waals surface area contributed by atoms with Crippen LogP contribution in [0.25, 0.3) is 0 Å². The summed E-state index contributed by atoms with van der Waals surface area (Å²) < 4.78 is 0. The molecule has 0 bridgehead atoms. The molecule has 3 N–H and O–H groups in total. The number of hydrogen-bond acceptors (Lipinski definition) is 4. The second-order valence-corrected chi connectivity index (χ2v) is 2.89. The topological polar surface area (TPSA) is 59.1 Å². The molecule has 0 saturated heterocycles. The summed E-state index contributed by atoms with van der Waals surface area (Å²) >= 11 is 1.45. The highest BCUT2D eigenvalue weighted by atomic mass is 32.1. The van der Waals surface area contributed by atoms with Gasteiger partial charge in [-0.15, -0.1) is 11.3 Å². The second kappa shape index (κ2) is 3.65. The first-order valence-corrected chi connectivity index (χ1v) is 4.00. The molecule has 1 heterocycles. The van der Waals surface area contributed by atoms with Gasteiger partial charge >= 0.3 is 0 Å². The van der Waals surface area contributed by atoms with Crippen LogP contribution in [0.2, 0.25) is 0 Å². The van der Waals surface area contributed by atoms with Crippen molar-refractivity contribution >= 4 is 11.3 Å². The Morgan fingerprint density at radius 1 is 1.80 bits per heavy atom. The Hall–Kier alpha value is -0.450. The van der Waals surface area contributed by atoms with Crippen molar-refractivity contribution in [3.8, 4) is 0 Å². The molecule has 0 aromatic carbocycles. The van der Waals surface area contributed by atoms with Crippen LogP contribution in [0.5, 0.6) is 0 Å². The zero-order chi connectivity index (χ0) is 7.40. The van der Waals surface area contributed by atoms with Gasteiger partial charge in [-0.25, -0.2) is 4.98 Å². The maximum atomic E-state index is 9.28. The number of rotatable bonds is 3. The smallest absolute Gasteiger partial charge is 0.121 e. The first-order valence-electron chi connectivity index (χ1n) is 3.12. The molecule has 0 fully saturated rings. The molecule has 0 aliphatic carbocycles. The molecule has 1 aromatic heterocycles. The fraction of sp³-hybridized carbons (Fsp3) is 0.500. The Labute approximate surface area is 63.5 Å². The van der Waals surface area contributed by atoms with E-state index in [9.17, 15) is 5.11 Å². The van der Waals surface area contributed by atoms with Crippen LogP contribution in [0, 0.1) is 0 Å². The second-order valence-electron chi connectivity index (χ2n) is 1.96. The first kappa shape index (κ1) is 7.65. The van der Waals surface area contributed by atoms with Gasteiger partial charge in [0.05, 0.1) is 0 Å². The molecule has 0 saturated carbocycles. The standard InChI is InChI=1S/C6H10N2OS/c7-2-1-5(9)6-8-3-4-10-6/h3-5,9H,1-2,7H2. The molecule has 4 heteroatoms. The maximum Gasteiger partial charge on any atom is 0.121 e. The molecule has 1 rings (SSSR count). The fourth-order valence-corrected chi connectivity index (χ4v) is 1.34. The van der Waals surface area contributed by atoms with Crippen LogP contribution in [0.4, 0.5) is 0 Å². The molecule has 0 amide bonds. The van der Waals surface area contributed by atoms with E-state index in [0.29, 0.717) is 13.0 Å². The van der Waals surface area contributed by atoms with Crippen molar-refractivity contribution in [1.82, 2.24) is 4.98 Å². The third-order valence-corrected chi connectivity index (χ3v) is 2.05. The van der Waals surface area contributed by atoms with Gasteiger partial charge in [0.2, 0.25) is 0 Å². The number of aliphatic hydroxyl groups is 1. The van der Waals surface area contributed by atoms with Gasteiger partial charge in [-0.05, 0) is 13.0 Å². The normalized spacial score (nSPS) is 13.4. The van der Waals surface area contributed by atoms with Gasteiger partial charge in [-0.2, -0.15) is 0 Å². The van der Waals surface area contributed by atoms with E-state index >= 15 is 0 Å². The third kappa shape index (κ3) is 1.76. The Morgan fingerprint density at radius 2 is 2.60 bits per heavy atom. The molecule has 56 valence electrons. The van der Waals surface area contributed by atoms with Crippen molar-refractivity contribution in [2.45, 2.75) is 12.5 Å². The van der Waals surface area contributed by atoms with Crippen LogP contribution in [0.3, 0.4) is 0 Å². The number of nitrogens with two attached hydrogens (primary N) is 1. The predicted molar refractivity (Wildman–Crippen MR) is 40.7 cm³/mol. The Morgan fingerprint density at radius 3 is 3.10 bits per heavy atom. The van der Waals surface area contributed by atoms with E-state index < -0.39 is 6.10 Å².